The molecule has 1 rings (SSSR count). The van der Waals surface area contributed by atoms with Crippen molar-refractivity contribution in [2.45, 2.75) is 51.9 Å². The van der Waals surface area contributed by atoms with Crippen LogP contribution in [0.15, 0.2) is 29.4 Å². The van der Waals surface area contributed by atoms with Crippen molar-refractivity contribution in [1.82, 2.24) is 5.43 Å². The van der Waals surface area contributed by atoms with E-state index in [1.165, 1.54) is 32.1 Å². The Bertz CT molecular complexity index is 444. The van der Waals surface area contributed by atoms with E-state index >= 15 is 0 Å². The molecule has 116 valence electrons. The lowest BCUT2D eigenvalue weighted by Gasteiger charge is -2.05. The number of ether oxygens (including phenoxy) is 1. The van der Waals surface area contributed by atoms with Gasteiger partial charge < -0.3 is 4.74 Å². The third-order valence-corrected chi connectivity index (χ3v) is 3.30. The molecule has 1 N–H and O–H groups in total. The average molecular weight is 290 g/mol. The first-order valence-electron chi connectivity index (χ1n) is 7.74. The van der Waals surface area contributed by atoms with Crippen molar-refractivity contribution in [3.05, 3.63) is 29.8 Å². The zero-order valence-corrected chi connectivity index (χ0v) is 13.1. The first kappa shape index (κ1) is 17.2. The number of amides is 1. The van der Waals surface area contributed by atoms with E-state index in [0.717, 1.165) is 12.8 Å². The Morgan fingerprint density at radius 1 is 1.19 bits per heavy atom. The molecule has 0 atom stereocenters. The molecule has 0 aromatic heterocycles. The van der Waals surface area contributed by atoms with Crippen LogP contribution in [0.25, 0.3) is 0 Å². The van der Waals surface area contributed by atoms with Gasteiger partial charge >= 0.3 is 0 Å². The highest BCUT2D eigenvalue weighted by Crippen LogP contribution is 2.16. The van der Waals surface area contributed by atoms with Gasteiger partial charge in [-0.2, -0.15) is 5.10 Å². The second-order valence-electron chi connectivity index (χ2n) is 5.01. The Balaban J connectivity index is 2.22. The fraction of sp³-hybridized carbons (Fsp3) is 0.529. The fourth-order valence-corrected chi connectivity index (χ4v) is 2.08. The maximum atomic E-state index is 11.9. The van der Waals surface area contributed by atoms with Crippen molar-refractivity contribution in [3.63, 3.8) is 0 Å². The molecule has 0 radical (unpaired) electrons. The lowest BCUT2D eigenvalue weighted by Crippen LogP contribution is -2.18. The molecule has 0 aliphatic carbocycles. The molecule has 0 saturated carbocycles. The van der Waals surface area contributed by atoms with E-state index in [1.54, 1.807) is 31.5 Å². The number of nitrogens with zero attached hydrogens (tertiary/aromatic N) is 1. The number of rotatable bonds is 10. The van der Waals surface area contributed by atoms with Crippen LogP contribution >= 0.6 is 0 Å². The van der Waals surface area contributed by atoms with Crippen LogP contribution in [-0.4, -0.2) is 19.2 Å². The largest absolute Gasteiger partial charge is 0.496 e. The van der Waals surface area contributed by atoms with Crippen molar-refractivity contribution in [2.24, 2.45) is 5.10 Å². The van der Waals surface area contributed by atoms with E-state index in [9.17, 15) is 4.79 Å². The number of methoxy groups -OCH3 is 1. The van der Waals surface area contributed by atoms with Crippen molar-refractivity contribution >= 4 is 12.1 Å². The van der Waals surface area contributed by atoms with Gasteiger partial charge in [-0.15, -0.1) is 0 Å². The van der Waals surface area contributed by atoms with E-state index in [4.69, 9.17) is 4.74 Å². The SMILES string of the molecule is CCCCCCCC/C=N/NC(=O)c1ccccc1OC. The summed E-state index contributed by atoms with van der Waals surface area (Å²) < 4.78 is 5.15. The molecule has 0 aliphatic rings. The van der Waals surface area contributed by atoms with Crippen LogP contribution in [-0.2, 0) is 0 Å². The van der Waals surface area contributed by atoms with Gasteiger partial charge in [0.05, 0.1) is 12.7 Å². The third kappa shape index (κ3) is 6.93. The third-order valence-electron chi connectivity index (χ3n) is 3.30. The molecule has 4 nitrogen and oxygen atoms in total. The van der Waals surface area contributed by atoms with Crippen molar-refractivity contribution < 1.29 is 9.53 Å². The summed E-state index contributed by atoms with van der Waals surface area (Å²) in [5.41, 5.74) is 3.03. The molecular formula is C17H26N2O2. The summed E-state index contributed by atoms with van der Waals surface area (Å²) in [4.78, 5) is 11.9. The molecule has 0 bridgehead atoms. The minimum absolute atomic E-state index is 0.244. The normalized spacial score (nSPS) is 10.8. The summed E-state index contributed by atoms with van der Waals surface area (Å²) >= 11 is 0. The number of hydrazone groups is 1. The minimum Gasteiger partial charge on any atom is -0.496 e. The molecule has 0 heterocycles. The Hall–Kier alpha value is -1.84. The van der Waals surface area contributed by atoms with Gasteiger partial charge in [0.15, 0.2) is 0 Å². The second-order valence-corrected chi connectivity index (χ2v) is 5.01. The number of hydrogen-bond donors (Lipinski definition) is 1. The molecule has 21 heavy (non-hydrogen) atoms. The predicted octanol–water partition coefficient (Wildman–Crippen LogP) is 4.16. The maximum absolute atomic E-state index is 11.9. The van der Waals surface area contributed by atoms with Gasteiger partial charge in [0.2, 0.25) is 0 Å². The summed E-state index contributed by atoms with van der Waals surface area (Å²) in [6, 6.07) is 7.11. The molecule has 0 unspecified atom stereocenters. The number of unbranched alkanes of at least 4 members (excludes halogenated alkanes) is 6. The number of carbonyl (C=O) groups is 1. The van der Waals surface area contributed by atoms with Gasteiger partial charge in [0.1, 0.15) is 5.75 Å². The van der Waals surface area contributed by atoms with E-state index in [2.05, 4.69) is 17.5 Å². The van der Waals surface area contributed by atoms with E-state index in [-0.39, 0.29) is 5.91 Å². The Morgan fingerprint density at radius 2 is 1.90 bits per heavy atom. The Labute approximate surface area is 127 Å². The number of hydrogen-bond acceptors (Lipinski definition) is 3. The van der Waals surface area contributed by atoms with Gasteiger partial charge in [-0.25, -0.2) is 5.43 Å². The van der Waals surface area contributed by atoms with Crippen LogP contribution in [0.4, 0.5) is 0 Å². The van der Waals surface area contributed by atoms with E-state index in [0.29, 0.717) is 11.3 Å². The second kappa shape index (κ2) is 10.9. The Kier molecular flexibility index (Phi) is 8.93. The van der Waals surface area contributed by atoms with Crippen molar-refractivity contribution in [1.29, 1.82) is 0 Å². The van der Waals surface area contributed by atoms with Crippen molar-refractivity contribution in [2.75, 3.05) is 7.11 Å². The first-order valence-corrected chi connectivity index (χ1v) is 7.74. The Morgan fingerprint density at radius 3 is 2.67 bits per heavy atom. The molecule has 0 fully saturated rings. The molecule has 4 heteroatoms. The molecule has 1 aromatic rings. The highest BCUT2D eigenvalue weighted by atomic mass is 16.5. The smallest absolute Gasteiger partial charge is 0.275 e. The highest BCUT2D eigenvalue weighted by molar-refractivity contribution is 5.96. The summed E-state index contributed by atoms with van der Waals surface area (Å²) in [5, 5.41) is 3.98. The van der Waals surface area contributed by atoms with Crippen LogP contribution in [0.3, 0.4) is 0 Å². The molecule has 0 spiro atoms. The van der Waals surface area contributed by atoms with Gasteiger partial charge in [-0.1, -0.05) is 51.2 Å². The summed E-state index contributed by atoms with van der Waals surface area (Å²) in [6.07, 6.45) is 10.2. The monoisotopic (exact) mass is 290 g/mol. The quantitative estimate of drug-likeness (QED) is 0.399. The fourth-order valence-electron chi connectivity index (χ4n) is 2.08. The first-order chi connectivity index (χ1) is 10.3. The van der Waals surface area contributed by atoms with Crippen LogP contribution in [0, 0.1) is 0 Å². The summed E-state index contributed by atoms with van der Waals surface area (Å²) in [7, 11) is 1.55. The molecule has 1 aromatic carbocycles. The van der Waals surface area contributed by atoms with E-state index < -0.39 is 0 Å². The van der Waals surface area contributed by atoms with Gasteiger partial charge in [-0.05, 0) is 25.0 Å². The molecule has 0 saturated heterocycles. The highest BCUT2D eigenvalue weighted by Gasteiger charge is 2.09. The van der Waals surface area contributed by atoms with Crippen LogP contribution < -0.4 is 10.2 Å². The van der Waals surface area contributed by atoms with Crippen LogP contribution in [0.5, 0.6) is 5.75 Å². The van der Waals surface area contributed by atoms with E-state index in [1.807, 2.05) is 6.07 Å². The average Bonchev–Trinajstić information content (AvgIpc) is 2.53. The minimum atomic E-state index is -0.244. The molecular weight excluding hydrogens is 264 g/mol. The van der Waals surface area contributed by atoms with Crippen molar-refractivity contribution in [3.8, 4) is 5.75 Å². The standard InChI is InChI=1S/C17H26N2O2/c1-3-4-5-6-7-8-11-14-18-19-17(20)15-12-9-10-13-16(15)21-2/h9-10,12-14H,3-8,11H2,1-2H3,(H,19,20)/b18-14+. The number of benzene rings is 1. The number of nitrogens with one attached hydrogen (secondary N) is 1. The van der Waals surface area contributed by atoms with Gasteiger partial charge in [0.25, 0.3) is 5.91 Å². The number of carbonyl (C=O) groups excluding carboxylic acids is 1. The molecule has 1 amide bonds. The lowest BCUT2D eigenvalue weighted by atomic mass is 10.1. The van der Waals surface area contributed by atoms with Gasteiger partial charge in [0, 0.05) is 6.21 Å². The summed E-state index contributed by atoms with van der Waals surface area (Å²) in [5.74, 6) is 0.313. The zero-order chi connectivity index (χ0) is 15.3. The van der Waals surface area contributed by atoms with Crippen LogP contribution in [0.1, 0.15) is 62.2 Å². The molecule has 0 aliphatic heterocycles. The van der Waals surface area contributed by atoms with Gasteiger partial charge in [-0.3, -0.25) is 4.79 Å². The zero-order valence-electron chi connectivity index (χ0n) is 13.1. The topological polar surface area (TPSA) is 50.7 Å². The lowest BCUT2D eigenvalue weighted by molar-refractivity contribution is 0.0952. The number of para-hydroxylation sites is 1. The van der Waals surface area contributed by atoms with Crippen LogP contribution in [0.2, 0.25) is 0 Å². The summed E-state index contributed by atoms with van der Waals surface area (Å²) in [6.45, 7) is 2.22. The predicted molar refractivity (Wildman–Crippen MR) is 86.9 cm³/mol. The maximum Gasteiger partial charge on any atom is 0.275 e.